The number of sulfonamides is 1. The van der Waals surface area contributed by atoms with E-state index in [1.54, 1.807) is 6.92 Å². The Hall–Kier alpha value is -0.870. The molecule has 0 saturated carbocycles. The van der Waals surface area contributed by atoms with Crippen molar-refractivity contribution in [3.63, 3.8) is 0 Å². The highest BCUT2D eigenvalue weighted by Crippen LogP contribution is 2.12. The lowest BCUT2D eigenvalue weighted by atomic mass is 10.2. The van der Waals surface area contributed by atoms with Gasteiger partial charge in [-0.3, -0.25) is 0 Å². The highest BCUT2D eigenvalue weighted by Gasteiger charge is 2.15. The minimum atomic E-state index is -4.62. The molecule has 0 spiro atoms. The van der Waals surface area contributed by atoms with E-state index in [9.17, 15) is 8.42 Å². The van der Waals surface area contributed by atoms with Crippen LogP contribution in [0.25, 0.3) is 0 Å². The second kappa shape index (κ2) is 3.47. The van der Waals surface area contributed by atoms with Gasteiger partial charge in [0.1, 0.15) is 0 Å². The van der Waals surface area contributed by atoms with E-state index < -0.39 is 28.3 Å². The smallest absolute Gasteiger partial charge is 0.207 e. The predicted octanol–water partition coefficient (Wildman–Crippen LogP) is 1.25. The molecule has 72 valence electrons. The van der Waals surface area contributed by atoms with E-state index in [4.69, 9.17) is 8.22 Å². The molecule has 0 fully saturated rings. The Morgan fingerprint density at radius 2 is 1.77 bits per heavy atom. The van der Waals surface area contributed by atoms with Crippen molar-refractivity contribution in [1.82, 2.24) is 4.31 Å². The summed E-state index contributed by atoms with van der Waals surface area (Å²) in [6, 6.07) is 5.28. The molecule has 1 aromatic carbocycles. The molecule has 0 amide bonds. The lowest BCUT2D eigenvalue weighted by Crippen LogP contribution is -2.22. The second-order valence-corrected chi connectivity index (χ2v) is 4.37. The van der Waals surface area contributed by atoms with Gasteiger partial charge in [-0.15, -0.1) is 0 Å². The van der Waals surface area contributed by atoms with Crippen LogP contribution in [0.5, 0.6) is 0 Å². The van der Waals surface area contributed by atoms with Gasteiger partial charge in [-0.05, 0) is 19.1 Å². The Balaban J connectivity index is 3.41. The summed E-state index contributed by atoms with van der Waals surface area (Å²) >= 11 is 0. The quantitative estimate of drug-likeness (QED) is 0.684. The molecule has 1 rings (SSSR count). The van der Waals surface area contributed by atoms with Crippen LogP contribution in [-0.2, 0) is 10.0 Å². The summed E-state index contributed by atoms with van der Waals surface area (Å²) in [5.41, 5.74) is 0.772. The first-order valence-electron chi connectivity index (χ1n) is 6.49. The average Bonchev–Trinajstić information content (AvgIpc) is 2.12. The Morgan fingerprint density at radius 3 is 2.23 bits per heavy atom. The molecule has 0 bridgehead atoms. The van der Waals surface area contributed by atoms with Crippen LogP contribution in [0, 0.1) is 6.92 Å². The summed E-state index contributed by atoms with van der Waals surface area (Å²) in [6.07, 6.45) is 0. The molecule has 0 aromatic heterocycles. The molecular formula is C9H13NO2S. The Bertz CT molecular complexity index is 532. The molecular weight excluding hydrogens is 188 g/mol. The lowest BCUT2D eigenvalue weighted by Gasteiger charge is -2.10. The van der Waals surface area contributed by atoms with E-state index in [0.717, 1.165) is 5.56 Å². The monoisotopic (exact) mass is 207 g/mol. The molecule has 0 atom stereocenters. The van der Waals surface area contributed by atoms with Crippen LogP contribution in [-0.4, -0.2) is 26.7 Å². The SMILES string of the molecule is [2H][13C]([2H])([2H])N([13C]([2H])([2H])[2H])S(=O)(=O)c1ccc(C)cc1. The molecule has 3 nitrogen and oxygen atoms in total. The molecule has 0 aliphatic carbocycles. The molecule has 0 radical (unpaired) electrons. The normalized spacial score (nSPS) is 20.8. The number of benzene rings is 1. The first-order chi connectivity index (χ1) is 8.37. The van der Waals surface area contributed by atoms with Crippen LogP contribution in [0.1, 0.15) is 13.8 Å². The van der Waals surface area contributed by atoms with Crippen molar-refractivity contribution in [2.75, 3.05) is 14.0 Å². The number of rotatable bonds is 2. The maximum atomic E-state index is 12.1. The minimum absolute atomic E-state index is 0.370. The van der Waals surface area contributed by atoms with Crippen LogP contribution < -0.4 is 0 Å². The summed E-state index contributed by atoms with van der Waals surface area (Å²) < 4.78 is 66.5. The zero-order chi connectivity index (χ0) is 15.1. The topological polar surface area (TPSA) is 37.4 Å². The van der Waals surface area contributed by atoms with Crippen molar-refractivity contribution in [2.45, 2.75) is 11.8 Å². The average molecular weight is 207 g/mol. The third-order valence-electron chi connectivity index (χ3n) is 1.56. The van der Waals surface area contributed by atoms with Crippen molar-refractivity contribution < 1.29 is 16.6 Å². The van der Waals surface area contributed by atoms with Gasteiger partial charge in [0.2, 0.25) is 10.0 Å². The largest absolute Gasteiger partial charge is 0.242 e. The summed E-state index contributed by atoms with van der Waals surface area (Å²) in [7, 11) is -4.62. The Morgan fingerprint density at radius 1 is 1.23 bits per heavy atom. The van der Waals surface area contributed by atoms with Crippen molar-refractivity contribution in [3.05, 3.63) is 29.8 Å². The number of nitrogens with zero attached hydrogens (tertiary/aromatic N) is 1. The molecule has 13 heavy (non-hydrogen) atoms. The van der Waals surface area contributed by atoms with Crippen LogP contribution in [0.4, 0.5) is 0 Å². The van der Waals surface area contributed by atoms with Crippen LogP contribution in [0.3, 0.4) is 0 Å². The zero-order valence-electron chi connectivity index (χ0n) is 13.0. The van der Waals surface area contributed by atoms with Gasteiger partial charge in [-0.2, -0.15) is 0 Å². The highest BCUT2D eigenvalue weighted by molar-refractivity contribution is 7.89. The van der Waals surface area contributed by atoms with Gasteiger partial charge in [0.05, 0.1) is 4.90 Å². The molecule has 4 heteroatoms. The fourth-order valence-electron chi connectivity index (χ4n) is 0.816. The second-order valence-electron chi connectivity index (χ2n) is 2.58. The number of hydrogen-bond donors (Lipinski definition) is 0. The number of hydrogen-bond acceptors (Lipinski definition) is 2. The lowest BCUT2D eigenvalue weighted by molar-refractivity contribution is 0.521. The van der Waals surface area contributed by atoms with E-state index in [2.05, 4.69) is 0 Å². The Kier molecular flexibility index (Phi) is 1.22. The zero-order valence-corrected chi connectivity index (χ0v) is 7.80. The van der Waals surface area contributed by atoms with Gasteiger partial charge in [-0.25, -0.2) is 12.7 Å². The van der Waals surface area contributed by atoms with Gasteiger partial charge in [0, 0.05) is 22.2 Å². The predicted molar refractivity (Wildman–Crippen MR) is 52.1 cm³/mol. The first kappa shape index (κ1) is 4.57. The summed E-state index contributed by atoms with van der Waals surface area (Å²) in [5, 5.41) is 0. The van der Waals surface area contributed by atoms with E-state index in [1.807, 2.05) is 0 Å². The maximum Gasteiger partial charge on any atom is 0.242 e. The van der Waals surface area contributed by atoms with E-state index in [1.165, 1.54) is 24.3 Å². The molecule has 0 aliphatic rings. The highest BCUT2D eigenvalue weighted by atomic mass is 32.2. The van der Waals surface area contributed by atoms with Crippen LogP contribution in [0.15, 0.2) is 29.2 Å². The Labute approximate surface area is 87.5 Å². The van der Waals surface area contributed by atoms with Gasteiger partial charge < -0.3 is 0 Å². The molecule has 0 N–H and O–H groups in total. The maximum absolute atomic E-state index is 12.1. The minimum Gasteiger partial charge on any atom is -0.207 e. The van der Waals surface area contributed by atoms with Crippen LogP contribution in [0.2, 0.25) is 0 Å². The van der Waals surface area contributed by atoms with Crippen molar-refractivity contribution in [3.8, 4) is 0 Å². The van der Waals surface area contributed by atoms with E-state index >= 15 is 0 Å². The third kappa shape index (κ3) is 2.08. The van der Waals surface area contributed by atoms with Gasteiger partial charge in [-0.1, -0.05) is 17.7 Å². The van der Waals surface area contributed by atoms with E-state index in [0.29, 0.717) is 0 Å². The van der Waals surface area contributed by atoms with E-state index in [-0.39, 0.29) is 4.90 Å². The first-order valence-corrected chi connectivity index (χ1v) is 4.93. The van der Waals surface area contributed by atoms with Gasteiger partial charge in [0.25, 0.3) is 0 Å². The standard InChI is InChI=1S/C9H13NO2S/c1-8-4-6-9(7-5-8)13(11,12)10(2)3/h4-7H,1-3H3/i2+1D3,3+1D3. The van der Waals surface area contributed by atoms with Crippen LogP contribution >= 0.6 is 0 Å². The van der Waals surface area contributed by atoms with Crippen molar-refractivity contribution in [1.29, 1.82) is 0 Å². The molecule has 0 heterocycles. The van der Waals surface area contributed by atoms with Crippen molar-refractivity contribution >= 4 is 10.0 Å². The summed E-state index contributed by atoms with van der Waals surface area (Å²) in [5.74, 6) is 0. The van der Waals surface area contributed by atoms with Crippen molar-refractivity contribution in [2.24, 2.45) is 0 Å². The molecule has 0 saturated heterocycles. The van der Waals surface area contributed by atoms with Gasteiger partial charge >= 0.3 is 0 Å². The fourth-order valence-corrected chi connectivity index (χ4v) is 1.51. The fraction of sp³-hybridized carbons (Fsp3) is 0.333. The third-order valence-corrected chi connectivity index (χ3v) is 2.91. The molecule has 0 aliphatic heterocycles. The van der Waals surface area contributed by atoms with Gasteiger partial charge in [0.15, 0.2) is 0 Å². The summed E-state index contributed by atoms with van der Waals surface area (Å²) in [6.45, 7) is -4.84. The summed E-state index contributed by atoms with van der Waals surface area (Å²) in [4.78, 5) is -0.370. The molecule has 1 aromatic rings. The molecule has 0 unspecified atom stereocenters. The number of aryl methyl sites for hydroxylation is 1.